The Morgan fingerprint density at radius 1 is 1.06 bits per heavy atom. The number of ether oxygens (including phenoxy) is 1. The third-order valence-electron chi connectivity index (χ3n) is 4.63. The van der Waals surface area contributed by atoms with E-state index in [9.17, 15) is 14.9 Å². The van der Waals surface area contributed by atoms with E-state index in [0.717, 1.165) is 5.56 Å². The van der Waals surface area contributed by atoms with Gasteiger partial charge in [-0.2, -0.15) is 5.10 Å². The zero-order valence-corrected chi connectivity index (χ0v) is 19.4. The van der Waals surface area contributed by atoms with Crippen LogP contribution in [0.1, 0.15) is 21.7 Å². The average molecular weight is 519 g/mol. The van der Waals surface area contributed by atoms with Crippen molar-refractivity contribution in [1.29, 1.82) is 0 Å². The molecule has 1 amide bonds. The van der Waals surface area contributed by atoms with E-state index >= 15 is 0 Å². The molecule has 0 unspecified atom stereocenters. The summed E-state index contributed by atoms with van der Waals surface area (Å²) in [6.07, 6.45) is 1.35. The molecule has 0 saturated carbocycles. The van der Waals surface area contributed by atoms with Gasteiger partial charge in [0.25, 0.3) is 5.69 Å². The Kier molecular flexibility index (Phi) is 7.02. The second-order valence-electron chi connectivity index (χ2n) is 7.02. The second kappa shape index (κ2) is 10.1. The summed E-state index contributed by atoms with van der Waals surface area (Å²) in [7, 11) is 0. The smallest absolute Gasteiger partial charge is 0.307 e. The molecule has 3 aromatic carbocycles. The molecule has 0 saturated heterocycles. The highest BCUT2D eigenvalue weighted by Gasteiger charge is 2.15. The first-order valence-corrected chi connectivity index (χ1v) is 10.8. The predicted molar refractivity (Wildman–Crippen MR) is 130 cm³/mol. The summed E-state index contributed by atoms with van der Waals surface area (Å²) in [5, 5.41) is 16.4. The van der Waals surface area contributed by atoms with Crippen molar-refractivity contribution in [2.24, 2.45) is 5.10 Å². The maximum atomic E-state index is 12.3. The van der Waals surface area contributed by atoms with Crippen LogP contribution in [0.5, 0.6) is 5.75 Å². The molecule has 172 valence electrons. The molecule has 11 heteroatoms. The van der Waals surface area contributed by atoms with Gasteiger partial charge in [-0.15, -0.1) is 0 Å². The molecule has 0 fully saturated rings. The van der Waals surface area contributed by atoms with Crippen LogP contribution in [0.4, 0.5) is 5.69 Å². The van der Waals surface area contributed by atoms with Gasteiger partial charge in [0, 0.05) is 22.5 Å². The van der Waals surface area contributed by atoms with Crippen LogP contribution < -0.4 is 10.2 Å². The van der Waals surface area contributed by atoms with E-state index in [0.29, 0.717) is 27.3 Å². The standard InChI is InChI=1S/C23H14Cl3N3O5/c24-16-3-1-13(2-4-16)12-33-22-18(25)7-14(8-19(22)26)11-27-28-23(30)21-10-15-9-17(29(31)32)5-6-20(15)34-21/h1-11H,12H2,(H,28,30)/b27-11-. The van der Waals surface area contributed by atoms with Crippen LogP contribution in [0.3, 0.4) is 0 Å². The number of fused-ring (bicyclic) bond motifs is 1. The first-order chi connectivity index (χ1) is 16.3. The van der Waals surface area contributed by atoms with Crippen molar-refractivity contribution in [3.8, 4) is 5.75 Å². The summed E-state index contributed by atoms with van der Waals surface area (Å²) in [5.41, 5.74) is 3.98. The number of carbonyl (C=O) groups is 1. The molecule has 0 radical (unpaired) electrons. The van der Waals surface area contributed by atoms with Gasteiger partial charge in [0.15, 0.2) is 11.5 Å². The van der Waals surface area contributed by atoms with Crippen molar-refractivity contribution in [3.05, 3.63) is 103 Å². The minimum absolute atomic E-state index is 0.0466. The molecule has 1 N–H and O–H groups in total. The quantitative estimate of drug-likeness (QED) is 0.168. The highest BCUT2D eigenvalue weighted by molar-refractivity contribution is 6.37. The number of carbonyl (C=O) groups excluding carboxylic acids is 1. The molecular formula is C23H14Cl3N3O5. The number of benzene rings is 3. The Bertz CT molecular complexity index is 1390. The van der Waals surface area contributed by atoms with Crippen molar-refractivity contribution in [3.63, 3.8) is 0 Å². The maximum Gasteiger partial charge on any atom is 0.307 e. The fraction of sp³-hybridized carbons (Fsp3) is 0.0435. The minimum atomic E-state index is -0.629. The molecule has 0 bridgehead atoms. The Morgan fingerprint density at radius 3 is 2.44 bits per heavy atom. The van der Waals surface area contributed by atoms with Crippen LogP contribution in [0.25, 0.3) is 11.0 Å². The Labute approximate surface area is 207 Å². The molecular weight excluding hydrogens is 505 g/mol. The number of nitrogens with one attached hydrogen (secondary N) is 1. The molecule has 4 rings (SSSR count). The van der Waals surface area contributed by atoms with Crippen molar-refractivity contribution in [2.45, 2.75) is 6.61 Å². The van der Waals surface area contributed by atoms with Crippen LogP contribution in [-0.4, -0.2) is 17.0 Å². The number of hydrogen-bond donors (Lipinski definition) is 1. The van der Waals surface area contributed by atoms with E-state index in [1.807, 2.05) is 12.1 Å². The van der Waals surface area contributed by atoms with Gasteiger partial charge in [-0.1, -0.05) is 46.9 Å². The predicted octanol–water partition coefficient (Wildman–Crippen LogP) is 6.64. The lowest BCUT2D eigenvalue weighted by Crippen LogP contribution is -2.16. The monoisotopic (exact) mass is 517 g/mol. The van der Waals surface area contributed by atoms with Crippen molar-refractivity contribution < 1.29 is 18.9 Å². The van der Waals surface area contributed by atoms with Crippen LogP contribution >= 0.6 is 34.8 Å². The van der Waals surface area contributed by atoms with Gasteiger partial charge >= 0.3 is 5.91 Å². The van der Waals surface area contributed by atoms with Crippen LogP contribution in [0.15, 0.2) is 70.2 Å². The number of hydrazone groups is 1. The summed E-state index contributed by atoms with van der Waals surface area (Å²) in [5.74, 6) is -0.360. The van der Waals surface area contributed by atoms with Gasteiger partial charge in [-0.25, -0.2) is 5.43 Å². The van der Waals surface area contributed by atoms with Gasteiger partial charge in [0.05, 0.1) is 21.2 Å². The highest BCUT2D eigenvalue weighted by Crippen LogP contribution is 2.34. The summed E-state index contributed by atoms with van der Waals surface area (Å²) in [6.45, 7) is 0.251. The zero-order chi connectivity index (χ0) is 24.2. The summed E-state index contributed by atoms with van der Waals surface area (Å²) in [4.78, 5) is 22.7. The van der Waals surface area contributed by atoms with Gasteiger partial charge in [-0.05, 0) is 47.5 Å². The van der Waals surface area contributed by atoms with Crippen LogP contribution in [-0.2, 0) is 6.61 Å². The molecule has 0 aliphatic rings. The molecule has 8 nitrogen and oxygen atoms in total. The van der Waals surface area contributed by atoms with Crippen molar-refractivity contribution in [1.82, 2.24) is 5.43 Å². The largest absolute Gasteiger partial charge is 0.486 e. The van der Waals surface area contributed by atoms with E-state index in [1.54, 1.807) is 24.3 Å². The number of nitro groups is 1. The van der Waals surface area contributed by atoms with Crippen LogP contribution in [0.2, 0.25) is 15.1 Å². The number of furan rings is 1. The summed E-state index contributed by atoms with van der Waals surface area (Å²) >= 11 is 18.5. The van der Waals surface area contributed by atoms with Crippen LogP contribution in [0, 0.1) is 10.1 Å². The van der Waals surface area contributed by atoms with E-state index in [2.05, 4.69) is 10.5 Å². The molecule has 0 spiro atoms. The number of hydrogen-bond acceptors (Lipinski definition) is 6. The lowest BCUT2D eigenvalue weighted by atomic mass is 10.2. The third-order valence-corrected chi connectivity index (χ3v) is 5.44. The lowest BCUT2D eigenvalue weighted by molar-refractivity contribution is -0.384. The molecule has 1 heterocycles. The number of nitrogens with zero attached hydrogens (tertiary/aromatic N) is 2. The minimum Gasteiger partial charge on any atom is -0.486 e. The Hall–Kier alpha value is -3.59. The van der Waals surface area contributed by atoms with E-state index < -0.39 is 10.8 Å². The Balaban J connectivity index is 1.41. The lowest BCUT2D eigenvalue weighted by Gasteiger charge is -2.11. The average Bonchev–Trinajstić information content (AvgIpc) is 3.23. The molecule has 0 aliphatic carbocycles. The number of rotatable bonds is 7. The molecule has 0 atom stereocenters. The fourth-order valence-corrected chi connectivity index (χ4v) is 3.74. The normalized spacial score (nSPS) is 11.1. The first kappa shape index (κ1) is 23.6. The van der Waals surface area contributed by atoms with Gasteiger partial charge < -0.3 is 9.15 Å². The topological polar surface area (TPSA) is 107 Å². The van der Waals surface area contributed by atoms with Gasteiger partial charge in [-0.3, -0.25) is 14.9 Å². The zero-order valence-electron chi connectivity index (χ0n) is 17.1. The van der Waals surface area contributed by atoms with Gasteiger partial charge in [0.2, 0.25) is 0 Å². The molecule has 34 heavy (non-hydrogen) atoms. The number of halogens is 3. The number of non-ortho nitro benzene ring substituents is 1. The highest BCUT2D eigenvalue weighted by atomic mass is 35.5. The van der Waals surface area contributed by atoms with Gasteiger partial charge in [0.1, 0.15) is 12.2 Å². The summed E-state index contributed by atoms with van der Waals surface area (Å²) < 4.78 is 11.1. The molecule has 1 aromatic heterocycles. The first-order valence-electron chi connectivity index (χ1n) is 9.68. The van der Waals surface area contributed by atoms with Crippen molar-refractivity contribution in [2.75, 3.05) is 0 Å². The second-order valence-corrected chi connectivity index (χ2v) is 8.27. The Morgan fingerprint density at radius 2 is 1.76 bits per heavy atom. The molecule has 4 aromatic rings. The number of amides is 1. The van der Waals surface area contributed by atoms with Crippen molar-refractivity contribution >= 4 is 63.6 Å². The third kappa shape index (κ3) is 5.48. The SMILES string of the molecule is O=C(N/N=C\c1cc(Cl)c(OCc2ccc(Cl)cc2)c(Cl)c1)c1cc2cc([N+](=O)[O-])ccc2o1. The molecule has 0 aliphatic heterocycles. The van der Waals surface area contributed by atoms with E-state index in [1.165, 1.54) is 30.5 Å². The fourth-order valence-electron chi connectivity index (χ4n) is 3.00. The summed E-state index contributed by atoms with van der Waals surface area (Å²) in [6, 6.07) is 15.8. The van der Waals surface area contributed by atoms with E-state index in [4.69, 9.17) is 44.0 Å². The maximum absolute atomic E-state index is 12.3. The van der Waals surface area contributed by atoms with E-state index in [-0.39, 0.29) is 28.1 Å². The number of nitro benzene ring substituents is 1.